The molecule has 7 rings (SSSR count). The number of carbonyl (C=O) groups is 1. The van der Waals surface area contributed by atoms with E-state index in [9.17, 15) is 13.2 Å². The van der Waals surface area contributed by atoms with Crippen LogP contribution in [-0.4, -0.2) is 54.7 Å². The van der Waals surface area contributed by atoms with Crippen LogP contribution in [0, 0.1) is 12.8 Å². The van der Waals surface area contributed by atoms with Crippen molar-refractivity contribution in [3.05, 3.63) is 108 Å². The van der Waals surface area contributed by atoms with Gasteiger partial charge in [-0.2, -0.15) is 9.40 Å². The second kappa shape index (κ2) is 13.5. The Hall–Kier alpha value is -4.67. The average Bonchev–Trinajstić information content (AvgIpc) is 3.63. The summed E-state index contributed by atoms with van der Waals surface area (Å²) in [4.78, 5) is 15.7. The van der Waals surface area contributed by atoms with Gasteiger partial charge in [0.15, 0.2) is 0 Å². The van der Waals surface area contributed by atoms with Crippen molar-refractivity contribution < 1.29 is 13.2 Å². The molecule has 2 aliphatic heterocycles. The first kappa shape index (κ1) is 34.8. The van der Waals surface area contributed by atoms with Gasteiger partial charge in [-0.1, -0.05) is 74.9 Å². The molecule has 10 heteroatoms. The van der Waals surface area contributed by atoms with Gasteiger partial charge in [-0.15, -0.1) is 0 Å². The Kier molecular flexibility index (Phi) is 9.18. The predicted molar refractivity (Wildman–Crippen MR) is 207 cm³/mol. The number of nitrogens with zero attached hydrogens (tertiary/aromatic N) is 4. The largest absolute Gasteiger partial charge is 0.377 e. The van der Waals surface area contributed by atoms with E-state index in [0.717, 1.165) is 71.1 Å². The van der Waals surface area contributed by atoms with Crippen molar-refractivity contribution in [3.8, 4) is 5.69 Å². The predicted octanol–water partition coefficient (Wildman–Crippen LogP) is 8.52. The molecule has 266 valence electrons. The Morgan fingerprint density at radius 2 is 1.53 bits per heavy atom. The summed E-state index contributed by atoms with van der Waals surface area (Å²) in [6.45, 7) is 8.35. The van der Waals surface area contributed by atoms with Gasteiger partial charge >= 0.3 is 6.03 Å². The quantitative estimate of drug-likeness (QED) is 0.169. The molecule has 3 heterocycles. The minimum Gasteiger partial charge on any atom is -0.377 e. The van der Waals surface area contributed by atoms with Crippen LogP contribution in [0.1, 0.15) is 63.3 Å². The van der Waals surface area contributed by atoms with Gasteiger partial charge in [-0.25, -0.2) is 17.9 Å². The van der Waals surface area contributed by atoms with E-state index in [1.807, 2.05) is 109 Å². The fourth-order valence-electron chi connectivity index (χ4n) is 7.91. The summed E-state index contributed by atoms with van der Waals surface area (Å²) < 4.78 is 32.2. The second-order valence-electron chi connectivity index (χ2n) is 15.5. The van der Waals surface area contributed by atoms with E-state index in [-0.39, 0.29) is 23.5 Å². The molecular weight excluding hydrogens is 657 g/mol. The van der Waals surface area contributed by atoms with Gasteiger partial charge in [0.05, 0.1) is 16.3 Å². The summed E-state index contributed by atoms with van der Waals surface area (Å²) in [6, 6.07) is 29.1. The van der Waals surface area contributed by atoms with Crippen molar-refractivity contribution in [1.82, 2.24) is 14.1 Å². The number of nitrogens with one attached hydrogen (secondary N) is 2. The Balaban J connectivity index is 1.04. The summed E-state index contributed by atoms with van der Waals surface area (Å²) >= 11 is 0. The van der Waals surface area contributed by atoms with Gasteiger partial charge in [0.2, 0.25) is 10.0 Å². The van der Waals surface area contributed by atoms with E-state index in [0.29, 0.717) is 22.3 Å². The first-order valence-electron chi connectivity index (χ1n) is 17.8. The highest BCUT2D eigenvalue weighted by Gasteiger charge is 2.47. The second-order valence-corrected chi connectivity index (χ2v) is 17.3. The lowest BCUT2D eigenvalue weighted by atomic mass is 9.87. The first-order valence-corrected chi connectivity index (χ1v) is 19.3. The summed E-state index contributed by atoms with van der Waals surface area (Å²) in [6.07, 6.45) is 4.23. The molecular formula is C41H48N6O3S. The maximum atomic E-state index is 14.3. The Morgan fingerprint density at radius 3 is 2.22 bits per heavy atom. The molecule has 0 spiro atoms. The number of rotatable bonds is 8. The third-order valence-corrected chi connectivity index (χ3v) is 12.4. The summed E-state index contributed by atoms with van der Waals surface area (Å²) in [5.74, 6) is 0.946. The third-order valence-electron chi connectivity index (χ3n) is 10.4. The number of amides is 2. The molecule has 2 saturated heterocycles. The zero-order valence-electron chi connectivity index (χ0n) is 30.3. The standard InChI is InChI=1S/C41H48N6O3S/c1-27-16-18-31(19-17-27)46-39(26-38(44-46)41(2,3)4)43-40(48)42-30-11-7-10-28(23-30)22-29-24-32-20-21-33(25-29)47(32)51(49,50)37-15-9-12-34-35(37)13-8-14-36(34)45(5)6/h7-19,23,26,29,32-33H,20-22,24-25H2,1-6H3,(H2,42,43,48). The molecule has 0 saturated carbocycles. The normalized spacial score (nSPS) is 19.3. The third kappa shape index (κ3) is 6.99. The highest BCUT2D eigenvalue weighted by molar-refractivity contribution is 7.89. The fourth-order valence-corrected chi connectivity index (χ4v) is 10.0. The van der Waals surface area contributed by atoms with E-state index in [4.69, 9.17) is 5.10 Å². The van der Waals surface area contributed by atoms with E-state index >= 15 is 0 Å². The number of aromatic nitrogens is 2. The molecule has 2 aliphatic rings. The molecule has 2 bridgehead atoms. The molecule has 1 aromatic heterocycles. The molecule has 2 unspecified atom stereocenters. The number of fused-ring (bicyclic) bond motifs is 3. The van der Waals surface area contributed by atoms with Crippen molar-refractivity contribution in [1.29, 1.82) is 0 Å². The maximum absolute atomic E-state index is 14.3. The van der Waals surface area contributed by atoms with Crippen molar-refractivity contribution in [3.63, 3.8) is 0 Å². The number of benzene rings is 4. The fraction of sp³-hybridized carbons (Fsp3) is 0.366. The van der Waals surface area contributed by atoms with Crippen LogP contribution in [-0.2, 0) is 21.9 Å². The minimum atomic E-state index is -3.68. The number of hydrogen-bond acceptors (Lipinski definition) is 5. The number of aryl methyl sites for hydroxylation is 1. The Bertz CT molecular complexity index is 2170. The molecule has 9 nitrogen and oxygen atoms in total. The van der Waals surface area contributed by atoms with Crippen molar-refractivity contribution in [2.75, 3.05) is 29.6 Å². The highest BCUT2D eigenvalue weighted by Crippen LogP contribution is 2.44. The summed E-state index contributed by atoms with van der Waals surface area (Å²) in [5.41, 5.74) is 5.54. The topological polar surface area (TPSA) is 99.6 Å². The number of hydrogen-bond donors (Lipinski definition) is 2. The van der Waals surface area contributed by atoms with Crippen LogP contribution in [0.15, 0.2) is 95.9 Å². The van der Waals surface area contributed by atoms with E-state index in [2.05, 4.69) is 37.5 Å². The van der Waals surface area contributed by atoms with Crippen molar-refractivity contribution in [2.45, 2.75) is 82.2 Å². The number of carbonyl (C=O) groups excluding carboxylic acids is 1. The number of anilines is 3. The van der Waals surface area contributed by atoms with Crippen LogP contribution in [0.4, 0.5) is 22.0 Å². The van der Waals surface area contributed by atoms with Gasteiger partial charge < -0.3 is 10.2 Å². The smallest absolute Gasteiger partial charge is 0.324 e. The van der Waals surface area contributed by atoms with Gasteiger partial charge in [0.1, 0.15) is 5.82 Å². The Morgan fingerprint density at radius 1 is 0.863 bits per heavy atom. The molecule has 2 amide bonds. The average molecular weight is 705 g/mol. The van der Waals surface area contributed by atoms with Crippen LogP contribution < -0.4 is 15.5 Å². The van der Waals surface area contributed by atoms with Crippen LogP contribution >= 0.6 is 0 Å². The molecule has 0 radical (unpaired) electrons. The summed E-state index contributed by atoms with van der Waals surface area (Å²) in [5, 5.41) is 12.6. The number of urea groups is 1. The lowest BCUT2D eigenvalue weighted by Crippen LogP contribution is -2.46. The van der Waals surface area contributed by atoms with Crippen LogP contribution in [0.5, 0.6) is 0 Å². The van der Waals surface area contributed by atoms with E-state index < -0.39 is 10.0 Å². The van der Waals surface area contributed by atoms with Crippen molar-refractivity contribution in [2.24, 2.45) is 5.92 Å². The monoisotopic (exact) mass is 704 g/mol. The van der Waals surface area contributed by atoms with Crippen LogP contribution in [0.3, 0.4) is 0 Å². The lowest BCUT2D eigenvalue weighted by Gasteiger charge is -2.38. The first-order chi connectivity index (χ1) is 24.3. The molecule has 2 atom stereocenters. The zero-order valence-corrected chi connectivity index (χ0v) is 31.2. The van der Waals surface area contributed by atoms with Gasteiger partial charge in [-0.3, -0.25) is 5.32 Å². The minimum absolute atomic E-state index is 0.0190. The SMILES string of the molecule is Cc1ccc(-n2nc(C(C)(C)C)cc2NC(=O)Nc2cccc(CC3CC4CCC(C3)N4S(=O)(=O)c3cccc4c(N(C)C)cccc34)c2)cc1. The van der Waals surface area contributed by atoms with Gasteiger partial charge in [0.25, 0.3) is 0 Å². The summed E-state index contributed by atoms with van der Waals surface area (Å²) in [7, 11) is 0.275. The van der Waals surface area contributed by atoms with Crippen LogP contribution in [0.2, 0.25) is 0 Å². The molecule has 5 aromatic rings. The van der Waals surface area contributed by atoms with Crippen LogP contribution in [0.25, 0.3) is 16.5 Å². The lowest BCUT2D eigenvalue weighted by molar-refractivity contribution is 0.190. The zero-order chi connectivity index (χ0) is 36.1. The molecule has 2 N–H and O–H groups in total. The molecule has 51 heavy (non-hydrogen) atoms. The number of piperidine rings is 1. The molecule has 0 aliphatic carbocycles. The van der Waals surface area contributed by atoms with Gasteiger partial charge in [0, 0.05) is 59.8 Å². The van der Waals surface area contributed by atoms with E-state index in [1.54, 1.807) is 10.7 Å². The van der Waals surface area contributed by atoms with Gasteiger partial charge in [-0.05, 0) is 86.9 Å². The molecule has 2 fully saturated rings. The number of sulfonamides is 1. The highest BCUT2D eigenvalue weighted by atomic mass is 32.2. The van der Waals surface area contributed by atoms with Crippen molar-refractivity contribution >= 4 is 44.0 Å². The maximum Gasteiger partial charge on any atom is 0.324 e. The Labute approximate surface area is 301 Å². The van der Waals surface area contributed by atoms with E-state index in [1.165, 1.54) is 0 Å². The molecule has 4 aromatic carbocycles.